The Hall–Kier alpha value is -1.02. The van der Waals surface area contributed by atoms with Crippen LogP contribution in [-0.2, 0) is 0 Å². The normalized spacial score (nSPS) is 15.6. The first-order valence-electron chi connectivity index (χ1n) is 6.74. The average Bonchev–Trinajstić information content (AvgIpc) is 2.24. The molecule has 2 unspecified atom stereocenters. The Labute approximate surface area is 112 Å². The van der Waals surface area contributed by atoms with E-state index >= 15 is 0 Å². The van der Waals surface area contributed by atoms with E-state index in [9.17, 15) is 0 Å². The fourth-order valence-electron chi connectivity index (χ4n) is 2.27. The highest BCUT2D eigenvalue weighted by atomic mass is 16.5. The maximum atomic E-state index is 6.21. The van der Waals surface area contributed by atoms with Crippen molar-refractivity contribution in [2.75, 3.05) is 0 Å². The molecule has 0 aliphatic carbocycles. The van der Waals surface area contributed by atoms with Gasteiger partial charge < -0.3 is 10.5 Å². The Kier molecular flexibility index (Phi) is 4.80. The van der Waals surface area contributed by atoms with Gasteiger partial charge >= 0.3 is 0 Å². The molecule has 1 aromatic carbocycles. The van der Waals surface area contributed by atoms with Crippen LogP contribution in [0.1, 0.15) is 53.0 Å². The predicted octanol–water partition coefficient (Wildman–Crippen LogP) is 3.95. The van der Waals surface area contributed by atoms with Gasteiger partial charge in [0.25, 0.3) is 0 Å². The second-order valence-electron chi connectivity index (χ2n) is 6.46. The smallest absolute Gasteiger partial charge is 0.123 e. The van der Waals surface area contributed by atoms with E-state index in [4.69, 9.17) is 10.5 Å². The van der Waals surface area contributed by atoms with E-state index < -0.39 is 0 Å². The molecular formula is C16H27NO. The van der Waals surface area contributed by atoms with Crippen molar-refractivity contribution in [1.82, 2.24) is 0 Å². The zero-order valence-electron chi connectivity index (χ0n) is 12.5. The molecule has 2 heteroatoms. The van der Waals surface area contributed by atoms with Crippen LogP contribution in [0.5, 0.6) is 5.75 Å². The van der Waals surface area contributed by atoms with Crippen molar-refractivity contribution in [3.63, 3.8) is 0 Å². The molecule has 0 aliphatic heterocycles. The largest absolute Gasteiger partial charge is 0.488 e. The van der Waals surface area contributed by atoms with Crippen molar-refractivity contribution in [3.05, 3.63) is 29.8 Å². The van der Waals surface area contributed by atoms with Gasteiger partial charge in [0.1, 0.15) is 11.9 Å². The number of para-hydroxylation sites is 1. The molecule has 0 heterocycles. The number of nitrogens with two attached hydrogens (primary N) is 1. The van der Waals surface area contributed by atoms with Gasteiger partial charge in [-0.25, -0.2) is 0 Å². The molecule has 0 saturated heterocycles. The minimum atomic E-state index is 0.00483. The fraction of sp³-hybridized carbons (Fsp3) is 0.625. The van der Waals surface area contributed by atoms with Gasteiger partial charge in [-0.1, -0.05) is 52.8 Å². The van der Waals surface area contributed by atoms with Crippen LogP contribution in [0.4, 0.5) is 0 Å². The molecular weight excluding hydrogens is 222 g/mol. The summed E-state index contributed by atoms with van der Waals surface area (Å²) in [6.45, 7) is 12.9. The van der Waals surface area contributed by atoms with Crippen LogP contribution in [0.3, 0.4) is 0 Å². The van der Waals surface area contributed by atoms with Gasteiger partial charge in [-0.05, 0) is 24.5 Å². The van der Waals surface area contributed by atoms with Crippen molar-refractivity contribution in [1.29, 1.82) is 0 Å². The number of ether oxygens (including phenoxy) is 1. The van der Waals surface area contributed by atoms with Gasteiger partial charge in [0.2, 0.25) is 0 Å². The summed E-state index contributed by atoms with van der Waals surface area (Å²) in [5.74, 6) is 1.42. The standard InChI is InChI=1S/C16H27NO/c1-11(2)13-9-7-8-10-14(13)18-15(12(3)17)16(4,5)6/h7-12,15H,17H2,1-6H3. The molecule has 2 N–H and O–H groups in total. The molecule has 0 saturated carbocycles. The molecule has 0 aromatic heterocycles. The molecule has 18 heavy (non-hydrogen) atoms. The zero-order valence-corrected chi connectivity index (χ0v) is 12.5. The molecule has 0 radical (unpaired) electrons. The summed E-state index contributed by atoms with van der Waals surface area (Å²) in [7, 11) is 0. The first-order chi connectivity index (χ1) is 8.23. The second kappa shape index (κ2) is 5.75. The summed E-state index contributed by atoms with van der Waals surface area (Å²) in [6, 6.07) is 8.24. The van der Waals surface area contributed by atoms with Crippen molar-refractivity contribution >= 4 is 0 Å². The summed E-state index contributed by atoms with van der Waals surface area (Å²) in [6.07, 6.45) is 0.0115. The maximum absolute atomic E-state index is 6.21. The van der Waals surface area contributed by atoms with Gasteiger partial charge in [-0.2, -0.15) is 0 Å². The molecule has 0 aliphatic rings. The summed E-state index contributed by atoms with van der Waals surface area (Å²) < 4.78 is 6.21. The lowest BCUT2D eigenvalue weighted by molar-refractivity contribution is 0.0673. The fourth-order valence-corrected chi connectivity index (χ4v) is 2.27. The van der Waals surface area contributed by atoms with E-state index in [-0.39, 0.29) is 17.6 Å². The first kappa shape index (κ1) is 15.0. The minimum absolute atomic E-state index is 0.00483. The minimum Gasteiger partial charge on any atom is -0.488 e. The highest BCUT2D eigenvalue weighted by Gasteiger charge is 2.30. The Balaban J connectivity index is 3.02. The summed E-state index contributed by atoms with van der Waals surface area (Å²) >= 11 is 0. The van der Waals surface area contributed by atoms with E-state index in [1.165, 1.54) is 5.56 Å². The lowest BCUT2D eigenvalue weighted by atomic mass is 9.85. The molecule has 0 amide bonds. The van der Waals surface area contributed by atoms with Gasteiger partial charge in [-0.15, -0.1) is 0 Å². The van der Waals surface area contributed by atoms with Crippen LogP contribution in [0.2, 0.25) is 0 Å². The van der Waals surface area contributed by atoms with Crippen LogP contribution in [-0.4, -0.2) is 12.1 Å². The number of benzene rings is 1. The van der Waals surface area contributed by atoms with Gasteiger partial charge in [0, 0.05) is 11.5 Å². The van der Waals surface area contributed by atoms with Crippen LogP contribution >= 0.6 is 0 Å². The van der Waals surface area contributed by atoms with E-state index in [1.807, 2.05) is 19.1 Å². The quantitative estimate of drug-likeness (QED) is 0.877. The molecule has 2 nitrogen and oxygen atoms in total. The maximum Gasteiger partial charge on any atom is 0.123 e. The first-order valence-corrected chi connectivity index (χ1v) is 6.74. The molecule has 0 spiro atoms. The average molecular weight is 249 g/mol. The Morgan fingerprint density at radius 3 is 2.06 bits per heavy atom. The third kappa shape index (κ3) is 3.74. The van der Waals surface area contributed by atoms with Crippen LogP contribution in [0.25, 0.3) is 0 Å². The van der Waals surface area contributed by atoms with E-state index in [0.29, 0.717) is 5.92 Å². The molecule has 0 fully saturated rings. The van der Waals surface area contributed by atoms with E-state index in [2.05, 4.69) is 46.8 Å². The predicted molar refractivity (Wildman–Crippen MR) is 78.1 cm³/mol. The summed E-state index contributed by atoms with van der Waals surface area (Å²) in [4.78, 5) is 0. The van der Waals surface area contributed by atoms with Crippen LogP contribution in [0.15, 0.2) is 24.3 Å². The molecule has 1 rings (SSSR count). The number of hydrogen-bond acceptors (Lipinski definition) is 2. The second-order valence-corrected chi connectivity index (χ2v) is 6.46. The zero-order chi connectivity index (χ0) is 13.9. The molecule has 102 valence electrons. The topological polar surface area (TPSA) is 35.2 Å². The van der Waals surface area contributed by atoms with Crippen LogP contribution in [0, 0.1) is 5.41 Å². The van der Waals surface area contributed by atoms with Crippen molar-refractivity contribution in [3.8, 4) is 5.75 Å². The lowest BCUT2D eigenvalue weighted by Crippen LogP contribution is -2.45. The Morgan fingerprint density at radius 2 is 1.61 bits per heavy atom. The molecule has 0 bridgehead atoms. The molecule has 2 atom stereocenters. The third-order valence-corrected chi connectivity index (χ3v) is 3.13. The Bertz CT molecular complexity index is 377. The highest BCUT2D eigenvalue weighted by molar-refractivity contribution is 5.35. The van der Waals surface area contributed by atoms with E-state index in [0.717, 1.165) is 5.75 Å². The summed E-state index contributed by atoms with van der Waals surface area (Å²) in [5, 5.41) is 0. The third-order valence-electron chi connectivity index (χ3n) is 3.13. The van der Waals surface area contributed by atoms with Crippen molar-refractivity contribution < 1.29 is 4.74 Å². The van der Waals surface area contributed by atoms with Gasteiger partial charge in [0.15, 0.2) is 0 Å². The van der Waals surface area contributed by atoms with Gasteiger partial charge in [0.05, 0.1) is 0 Å². The SMILES string of the molecule is CC(C)c1ccccc1OC(C(C)N)C(C)(C)C. The number of hydrogen-bond donors (Lipinski definition) is 1. The lowest BCUT2D eigenvalue weighted by Gasteiger charge is -2.34. The summed E-state index contributed by atoms with van der Waals surface area (Å²) in [5.41, 5.74) is 7.34. The monoisotopic (exact) mass is 249 g/mol. The van der Waals surface area contributed by atoms with Crippen molar-refractivity contribution in [2.24, 2.45) is 11.1 Å². The molecule has 1 aromatic rings. The van der Waals surface area contributed by atoms with E-state index in [1.54, 1.807) is 0 Å². The number of rotatable bonds is 4. The Morgan fingerprint density at radius 1 is 1.06 bits per heavy atom. The van der Waals surface area contributed by atoms with Crippen molar-refractivity contribution in [2.45, 2.75) is 59.6 Å². The van der Waals surface area contributed by atoms with Crippen LogP contribution < -0.4 is 10.5 Å². The highest BCUT2D eigenvalue weighted by Crippen LogP contribution is 2.31. The van der Waals surface area contributed by atoms with Gasteiger partial charge in [-0.3, -0.25) is 0 Å².